The molecule has 0 radical (unpaired) electrons. The van der Waals surface area contributed by atoms with Crippen molar-refractivity contribution in [2.75, 3.05) is 13.2 Å². The summed E-state index contributed by atoms with van der Waals surface area (Å²) < 4.78 is 5.63. The van der Waals surface area contributed by atoms with Crippen LogP contribution in [0.4, 0.5) is 0 Å². The van der Waals surface area contributed by atoms with Crippen molar-refractivity contribution < 1.29 is 19.1 Å². The third kappa shape index (κ3) is 4.94. The van der Waals surface area contributed by atoms with E-state index < -0.39 is 12.1 Å². The number of benzene rings is 1. The summed E-state index contributed by atoms with van der Waals surface area (Å²) in [4.78, 5) is 40.4. The Morgan fingerprint density at radius 1 is 1.31 bits per heavy atom. The van der Waals surface area contributed by atoms with Crippen LogP contribution in [0.15, 0.2) is 18.2 Å². The number of carbonyl (C=O) groups is 3. The van der Waals surface area contributed by atoms with Crippen molar-refractivity contribution in [2.45, 2.75) is 62.6 Å². The van der Waals surface area contributed by atoms with E-state index in [1.165, 1.54) is 6.07 Å². The first-order valence-corrected chi connectivity index (χ1v) is 12.9. The standard InChI is InChI=1S/C25H28Cl2N4O4/c26-16-4-5-20(19(27)9-16)35-13-21(32)31-12-14-2-1-3-18(14)22(31)24(34)29-17(11-28)8-15-10-25(6-7-25)30-23(15)33/h4-5,9,14-15,17-18,22H,1-3,6-8,10,12-13H2,(H,29,34)(H,30,33)/t14?,15-,17+,18+,22+/m1/s1. The fourth-order valence-corrected chi connectivity index (χ4v) is 6.51. The van der Waals surface area contributed by atoms with E-state index in [0.717, 1.165) is 32.1 Å². The van der Waals surface area contributed by atoms with Gasteiger partial charge in [-0.1, -0.05) is 29.6 Å². The fraction of sp³-hybridized carbons (Fsp3) is 0.600. The average Bonchev–Trinajstić information content (AvgIpc) is 3.13. The molecule has 1 unspecified atom stereocenters. The monoisotopic (exact) mass is 518 g/mol. The van der Waals surface area contributed by atoms with E-state index in [9.17, 15) is 19.6 Å². The first-order valence-electron chi connectivity index (χ1n) is 12.2. The molecular weight excluding hydrogens is 491 g/mol. The minimum absolute atomic E-state index is 0.0384. The minimum Gasteiger partial charge on any atom is -0.482 e. The van der Waals surface area contributed by atoms with Crippen LogP contribution in [0.3, 0.4) is 0 Å². The highest BCUT2D eigenvalue weighted by Crippen LogP contribution is 2.46. The number of nitriles is 1. The number of likely N-dealkylation sites (tertiary alicyclic amines) is 1. The number of nitrogens with one attached hydrogen (secondary N) is 2. The Morgan fingerprint density at radius 2 is 2.11 bits per heavy atom. The van der Waals surface area contributed by atoms with Crippen molar-refractivity contribution in [3.63, 3.8) is 0 Å². The molecule has 0 bridgehead atoms. The van der Waals surface area contributed by atoms with Crippen molar-refractivity contribution in [2.24, 2.45) is 17.8 Å². The van der Waals surface area contributed by atoms with E-state index in [0.29, 0.717) is 28.8 Å². The van der Waals surface area contributed by atoms with Crippen molar-refractivity contribution in [3.05, 3.63) is 28.2 Å². The number of hydrogen-bond donors (Lipinski definition) is 2. The van der Waals surface area contributed by atoms with Gasteiger partial charge in [-0.15, -0.1) is 0 Å². The van der Waals surface area contributed by atoms with Gasteiger partial charge in [0.15, 0.2) is 6.61 Å². The SMILES string of the molecule is N#C[C@H](C[C@@H]1CC2(CC2)NC1=O)NC(=O)[C@@H]1[C@H]2CCCC2CN1C(=O)COc1ccc(Cl)cc1Cl. The number of nitrogens with zero attached hydrogens (tertiary/aromatic N) is 2. The third-order valence-electron chi connectivity index (χ3n) is 7.97. The van der Waals surface area contributed by atoms with E-state index in [1.54, 1.807) is 17.0 Å². The summed E-state index contributed by atoms with van der Waals surface area (Å²) in [6.07, 6.45) is 5.79. The summed E-state index contributed by atoms with van der Waals surface area (Å²) in [7, 11) is 0. The lowest BCUT2D eigenvalue weighted by Crippen LogP contribution is -2.52. The number of fused-ring (bicyclic) bond motifs is 1. The lowest BCUT2D eigenvalue weighted by Gasteiger charge is -2.28. The first-order chi connectivity index (χ1) is 16.8. The van der Waals surface area contributed by atoms with E-state index in [4.69, 9.17) is 27.9 Å². The number of rotatable bonds is 7. The van der Waals surface area contributed by atoms with Crippen molar-refractivity contribution in [1.82, 2.24) is 15.5 Å². The Labute approximate surface area is 214 Å². The van der Waals surface area contributed by atoms with Crippen molar-refractivity contribution >= 4 is 40.9 Å². The van der Waals surface area contributed by atoms with Crippen LogP contribution in [-0.2, 0) is 14.4 Å². The van der Waals surface area contributed by atoms with Gasteiger partial charge in [0.1, 0.15) is 17.8 Å². The molecule has 0 aromatic heterocycles. The van der Waals surface area contributed by atoms with Gasteiger partial charge in [0.25, 0.3) is 5.91 Å². The van der Waals surface area contributed by atoms with E-state index in [-0.39, 0.29) is 54.0 Å². The largest absolute Gasteiger partial charge is 0.482 e. The molecule has 2 aliphatic carbocycles. The molecule has 186 valence electrons. The van der Waals surface area contributed by atoms with Gasteiger partial charge in [0, 0.05) is 23.0 Å². The molecule has 35 heavy (non-hydrogen) atoms. The van der Waals surface area contributed by atoms with E-state index >= 15 is 0 Å². The van der Waals surface area contributed by atoms with Crippen LogP contribution in [0.25, 0.3) is 0 Å². The number of carbonyl (C=O) groups excluding carboxylic acids is 3. The molecule has 4 fully saturated rings. The zero-order valence-electron chi connectivity index (χ0n) is 19.3. The quantitative estimate of drug-likeness (QED) is 0.575. The maximum atomic E-state index is 13.4. The van der Waals surface area contributed by atoms with Gasteiger partial charge in [-0.3, -0.25) is 14.4 Å². The lowest BCUT2D eigenvalue weighted by atomic mass is 9.92. The van der Waals surface area contributed by atoms with Gasteiger partial charge in [0.2, 0.25) is 11.8 Å². The van der Waals surface area contributed by atoms with Crippen LogP contribution < -0.4 is 15.4 Å². The molecule has 1 aromatic carbocycles. The summed E-state index contributed by atoms with van der Waals surface area (Å²) in [5.74, 6) is -0.290. The molecule has 5 atom stereocenters. The second kappa shape index (κ2) is 9.51. The maximum Gasteiger partial charge on any atom is 0.261 e. The molecule has 2 aliphatic heterocycles. The van der Waals surface area contributed by atoms with Crippen molar-refractivity contribution in [1.29, 1.82) is 5.26 Å². The lowest BCUT2D eigenvalue weighted by molar-refractivity contribution is -0.141. The Hall–Kier alpha value is -2.50. The molecular formula is C25H28Cl2N4O4. The molecule has 8 nitrogen and oxygen atoms in total. The fourth-order valence-electron chi connectivity index (χ4n) is 6.05. The zero-order chi connectivity index (χ0) is 24.7. The van der Waals surface area contributed by atoms with Gasteiger partial charge in [0.05, 0.1) is 11.1 Å². The van der Waals surface area contributed by atoms with Crippen LogP contribution in [0.2, 0.25) is 10.0 Å². The smallest absolute Gasteiger partial charge is 0.261 e. The Kier molecular flexibility index (Phi) is 6.58. The summed E-state index contributed by atoms with van der Waals surface area (Å²) in [6, 6.07) is 5.48. The van der Waals surface area contributed by atoms with Crippen LogP contribution in [0, 0.1) is 29.1 Å². The van der Waals surface area contributed by atoms with Gasteiger partial charge in [-0.05, 0) is 68.6 Å². The second-order valence-electron chi connectivity index (χ2n) is 10.3. The summed E-state index contributed by atoms with van der Waals surface area (Å²) in [6.45, 7) is 0.237. The molecule has 5 rings (SSSR count). The Morgan fingerprint density at radius 3 is 2.80 bits per heavy atom. The summed E-state index contributed by atoms with van der Waals surface area (Å²) >= 11 is 12.1. The molecule has 2 heterocycles. The van der Waals surface area contributed by atoms with Crippen LogP contribution in [-0.4, -0.2) is 53.4 Å². The average molecular weight is 519 g/mol. The minimum atomic E-state index is -0.784. The molecule has 1 spiro atoms. The Balaban J connectivity index is 1.24. The maximum absolute atomic E-state index is 13.4. The van der Waals surface area contributed by atoms with Gasteiger partial charge < -0.3 is 20.3 Å². The van der Waals surface area contributed by atoms with Crippen LogP contribution in [0.1, 0.15) is 44.9 Å². The second-order valence-corrected chi connectivity index (χ2v) is 11.1. The summed E-state index contributed by atoms with van der Waals surface area (Å²) in [5.41, 5.74) is -0.0789. The van der Waals surface area contributed by atoms with E-state index in [2.05, 4.69) is 16.7 Å². The highest BCUT2D eigenvalue weighted by atomic mass is 35.5. The number of ether oxygens (including phenoxy) is 1. The summed E-state index contributed by atoms with van der Waals surface area (Å²) in [5, 5.41) is 16.4. The van der Waals surface area contributed by atoms with Gasteiger partial charge in [-0.2, -0.15) is 5.26 Å². The molecule has 10 heteroatoms. The molecule has 3 amide bonds. The van der Waals surface area contributed by atoms with Gasteiger partial charge in [-0.25, -0.2) is 0 Å². The predicted octanol–water partition coefficient (Wildman–Crippen LogP) is 3.07. The molecule has 4 aliphatic rings. The van der Waals surface area contributed by atoms with Crippen molar-refractivity contribution in [3.8, 4) is 11.8 Å². The molecule has 2 N–H and O–H groups in total. The normalized spacial score (nSPS) is 28.8. The van der Waals surface area contributed by atoms with Gasteiger partial charge >= 0.3 is 0 Å². The highest BCUT2D eigenvalue weighted by molar-refractivity contribution is 6.35. The number of amides is 3. The topological polar surface area (TPSA) is 112 Å². The first kappa shape index (κ1) is 24.2. The number of halogens is 2. The van der Waals surface area contributed by atoms with Crippen LogP contribution in [0.5, 0.6) is 5.75 Å². The Bertz CT molecular complexity index is 1090. The van der Waals surface area contributed by atoms with E-state index in [1.807, 2.05) is 0 Å². The molecule has 2 saturated heterocycles. The zero-order valence-corrected chi connectivity index (χ0v) is 20.8. The van der Waals surface area contributed by atoms with Crippen LogP contribution >= 0.6 is 23.2 Å². The number of hydrogen-bond acceptors (Lipinski definition) is 5. The predicted molar refractivity (Wildman–Crippen MR) is 129 cm³/mol. The third-order valence-corrected chi connectivity index (χ3v) is 8.50. The highest BCUT2D eigenvalue weighted by Gasteiger charge is 2.53. The molecule has 2 saturated carbocycles. The molecule has 1 aromatic rings.